The molecule has 1 aliphatic heterocycles. The Kier molecular flexibility index (Phi) is 5.56. The number of nitrogens with zero attached hydrogens (tertiary/aromatic N) is 2. The van der Waals surface area contributed by atoms with Crippen LogP contribution in [0.4, 0.5) is 5.69 Å². The Balaban J connectivity index is 1.62. The summed E-state index contributed by atoms with van der Waals surface area (Å²) >= 11 is 1.40. The van der Waals surface area contributed by atoms with Crippen molar-refractivity contribution in [3.63, 3.8) is 0 Å². The van der Waals surface area contributed by atoms with Gasteiger partial charge in [-0.25, -0.2) is 0 Å². The Morgan fingerprint density at radius 3 is 2.48 bits per heavy atom. The van der Waals surface area contributed by atoms with Gasteiger partial charge in [0.25, 0.3) is 5.91 Å². The number of amides is 1. The second-order valence-electron chi connectivity index (χ2n) is 5.97. The monoisotopic (exact) mass is 351 g/mol. The summed E-state index contributed by atoms with van der Waals surface area (Å²) in [6.45, 7) is 0.664. The van der Waals surface area contributed by atoms with Crippen LogP contribution in [0, 0.1) is 0 Å². The molecule has 5 heteroatoms. The van der Waals surface area contributed by atoms with Crippen LogP contribution in [-0.2, 0) is 11.2 Å². The molecule has 1 heterocycles. The molecular formula is C20H21N3OS. The van der Waals surface area contributed by atoms with Crippen LogP contribution in [-0.4, -0.2) is 31.7 Å². The van der Waals surface area contributed by atoms with Gasteiger partial charge in [-0.3, -0.25) is 9.79 Å². The number of carbonyl (C=O) groups is 1. The molecule has 0 aromatic heterocycles. The van der Waals surface area contributed by atoms with Crippen LogP contribution in [0.25, 0.3) is 6.08 Å². The first kappa shape index (κ1) is 17.3. The molecule has 0 aliphatic carbocycles. The third-order valence-electron chi connectivity index (χ3n) is 3.86. The normalized spacial score (nSPS) is 17.1. The van der Waals surface area contributed by atoms with Crippen LogP contribution in [0.15, 0.2) is 64.5 Å². The van der Waals surface area contributed by atoms with Gasteiger partial charge in [-0.2, -0.15) is 0 Å². The van der Waals surface area contributed by atoms with Crippen LogP contribution >= 0.6 is 11.8 Å². The largest absolute Gasteiger partial charge is 0.378 e. The summed E-state index contributed by atoms with van der Waals surface area (Å²) in [6, 6.07) is 18.3. The summed E-state index contributed by atoms with van der Waals surface area (Å²) in [6.07, 6.45) is 2.77. The van der Waals surface area contributed by atoms with E-state index in [9.17, 15) is 4.79 Å². The number of aliphatic imine (C=N–C) groups is 1. The lowest BCUT2D eigenvalue weighted by Gasteiger charge is -2.11. The van der Waals surface area contributed by atoms with Crippen molar-refractivity contribution in [3.05, 3.63) is 70.6 Å². The molecular weight excluding hydrogens is 330 g/mol. The smallest absolute Gasteiger partial charge is 0.264 e. The van der Waals surface area contributed by atoms with E-state index >= 15 is 0 Å². The van der Waals surface area contributed by atoms with Crippen molar-refractivity contribution < 1.29 is 4.79 Å². The molecule has 1 aliphatic rings. The molecule has 1 saturated heterocycles. The van der Waals surface area contributed by atoms with Crippen molar-refractivity contribution in [1.29, 1.82) is 0 Å². The van der Waals surface area contributed by atoms with Crippen molar-refractivity contribution in [2.24, 2.45) is 4.99 Å². The van der Waals surface area contributed by atoms with Crippen molar-refractivity contribution >= 4 is 34.6 Å². The van der Waals surface area contributed by atoms with E-state index in [1.54, 1.807) is 0 Å². The van der Waals surface area contributed by atoms with E-state index in [2.05, 4.69) is 22.4 Å². The number of anilines is 1. The van der Waals surface area contributed by atoms with Gasteiger partial charge in [-0.05, 0) is 47.5 Å². The molecule has 0 atom stereocenters. The SMILES string of the molecule is CN(C)c1ccc(/C=C2\SC(=NCCc3ccccc3)NC2=O)cc1. The van der Waals surface area contributed by atoms with E-state index in [0.717, 1.165) is 17.7 Å². The molecule has 128 valence electrons. The van der Waals surface area contributed by atoms with E-state index in [0.29, 0.717) is 16.6 Å². The third-order valence-corrected chi connectivity index (χ3v) is 4.80. The van der Waals surface area contributed by atoms with Crippen molar-refractivity contribution in [1.82, 2.24) is 5.32 Å². The summed E-state index contributed by atoms with van der Waals surface area (Å²) in [5.74, 6) is -0.0832. The van der Waals surface area contributed by atoms with Gasteiger partial charge in [0, 0.05) is 26.3 Å². The third kappa shape index (κ3) is 4.73. The molecule has 25 heavy (non-hydrogen) atoms. The van der Waals surface area contributed by atoms with E-state index in [-0.39, 0.29) is 5.91 Å². The molecule has 0 spiro atoms. The minimum absolute atomic E-state index is 0.0832. The maximum absolute atomic E-state index is 12.1. The molecule has 0 radical (unpaired) electrons. The second-order valence-corrected chi connectivity index (χ2v) is 7.00. The van der Waals surface area contributed by atoms with Gasteiger partial charge in [0.15, 0.2) is 5.17 Å². The summed E-state index contributed by atoms with van der Waals surface area (Å²) in [5.41, 5.74) is 3.39. The van der Waals surface area contributed by atoms with Gasteiger partial charge in [-0.15, -0.1) is 0 Å². The summed E-state index contributed by atoms with van der Waals surface area (Å²) in [4.78, 5) is 19.3. The topological polar surface area (TPSA) is 44.7 Å². The predicted molar refractivity (Wildman–Crippen MR) is 107 cm³/mol. The molecule has 4 nitrogen and oxygen atoms in total. The molecule has 0 bridgehead atoms. The van der Waals surface area contributed by atoms with Crippen LogP contribution in [0.1, 0.15) is 11.1 Å². The Morgan fingerprint density at radius 1 is 1.08 bits per heavy atom. The van der Waals surface area contributed by atoms with Gasteiger partial charge in [0.05, 0.1) is 4.91 Å². The van der Waals surface area contributed by atoms with E-state index < -0.39 is 0 Å². The summed E-state index contributed by atoms with van der Waals surface area (Å²) < 4.78 is 0. The Labute approximate surface area is 152 Å². The number of hydrogen-bond donors (Lipinski definition) is 1. The lowest BCUT2D eigenvalue weighted by atomic mass is 10.2. The lowest BCUT2D eigenvalue weighted by Crippen LogP contribution is -2.20. The molecule has 3 rings (SSSR count). The van der Waals surface area contributed by atoms with Crippen molar-refractivity contribution in [3.8, 4) is 0 Å². The first-order valence-electron chi connectivity index (χ1n) is 8.18. The summed E-state index contributed by atoms with van der Waals surface area (Å²) in [7, 11) is 4.01. The molecule has 2 aromatic carbocycles. The quantitative estimate of drug-likeness (QED) is 0.838. The summed E-state index contributed by atoms with van der Waals surface area (Å²) in [5, 5.41) is 3.52. The minimum Gasteiger partial charge on any atom is -0.378 e. The molecule has 0 unspecified atom stereocenters. The maximum atomic E-state index is 12.1. The fourth-order valence-corrected chi connectivity index (χ4v) is 3.30. The average Bonchev–Trinajstić information content (AvgIpc) is 2.96. The van der Waals surface area contributed by atoms with Gasteiger partial charge < -0.3 is 10.2 Å². The fourth-order valence-electron chi connectivity index (χ4n) is 2.45. The van der Waals surface area contributed by atoms with Crippen molar-refractivity contribution in [2.75, 3.05) is 25.5 Å². The highest BCUT2D eigenvalue weighted by Gasteiger charge is 2.23. The molecule has 1 fully saturated rings. The number of rotatable bonds is 5. The van der Waals surface area contributed by atoms with E-state index in [1.807, 2.05) is 67.5 Å². The Bertz CT molecular complexity index is 795. The van der Waals surface area contributed by atoms with Gasteiger partial charge >= 0.3 is 0 Å². The highest BCUT2D eigenvalue weighted by molar-refractivity contribution is 8.18. The highest BCUT2D eigenvalue weighted by Crippen LogP contribution is 2.26. The van der Waals surface area contributed by atoms with Gasteiger partial charge in [-0.1, -0.05) is 42.5 Å². The standard InChI is InChI=1S/C20H21N3OS/c1-23(2)17-10-8-16(9-11-17)14-18-19(24)22-20(25-18)21-13-12-15-6-4-3-5-7-15/h3-11,14H,12-13H2,1-2H3,(H,21,22,24)/b18-14-. The van der Waals surface area contributed by atoms with Crippen LogP contribution in [0.3, 0.4) is 0 Å². The maximum Gasteiger partial charge on any atom is 0.264 e. The number of carbonyl (C=O) groups excluding carboxylic acids is 1. The zero-order chi connectivity index (χ0) is 17.6. The number of thioether (sulfide) groups is 1. The van der Waals surface area contributed by atoms with Crippen LogP contribution < -0.4 is 10.2 Å². The zero-order valence-corrected chi connectivity index (χ0v) is 15.2. The van der Waals surface area contributed by atoms with Gasteiger partial charge in [0.1, 0.15) is 0 Å². The average molecular weight is 351 g/mol. The lowest BCUT2D eigenvalue weighted by molar-refractivity contribution is -0.115. The molecule has 1 N–H and O–H groups in total. The van der Waals surface area contributed by atoms with Crippen LogP contribution in [0.5, 0.6) is 0 Å². The number of benzene rings is 2. The first-order valence-corrected chi connectivity index (χ1v) is 9.00. The van der Waals surface area contributed by atoms with Crippen molar-refractivity contribution in [2.45, 2.75) is 6.42 Å². The zero-order valence-electron chi connectivity index (χ0n) is 14.4. The first-order chi connectivity index (χ1) is 12.1. The Hall–Kier alpha value is -2.53. The minimum atomic E-state index is -0.0832. The van der Waals surface area contributed by atoms with E-state index in [4.69, 9.17) is 0 Å². The number of hydrogen-bond acceptors (Lipinski definition) is 4. The van der Waals surface area contributed by atoms with Gasteiger partial charge in [0.2, 0.25) is 0 Å². The highest BCUT2D eigenvalue weighted by atomic mass is 32.2. The fraction of sp³-hybridized carbons (Fsp3) is 0.200. The van der Waals surface area contributed by atoms with Crippen LogP contribution in [0.2, 0.25) is 0 Å². The van der Waals surface area contributed by atoms with E-state index in [1.165, 1.54) is 17.3 Å². The Morgan fingerprint density at radius 2 is 1.80 bits per heavy atom. The molecule has 0 saturated carbocycles. The predicted octanol–water partition coefficient (Wildman–Crippen LogP) is 3.56. The number of nitrogens with one attached hydrogen (secondary N) is 1. The molecule has 2 aromatic rings. The second kappa shape index (κ2) is 8.03. The number of amidine groups is 1. The molecule has 1 amide bonds.